The molecule has 14 nitrogen and oxygen atoms in total. The summed E-state index contributed by atoms with van der Waals surface area (Å²) in [5.41, 5.74) is 3.18. The van der Waals surface area contributed by atoms with Crippen molar-refractivity contribution >= 4 is 31.0 Å². The van der Waals surface area contributed by atoms with Crippen molar-refractivity contribution in [3.05, 3.63) is 54.5 Å². The minimum absolute atomic E-state index is 0.0141. The first-order valence-corrected chi connectivity index (χ1v) is 15.0. The van der Waals surface area contributed by atoms with Gasteiger partial charge in [0.05, 0.1) is 25.0 Å². The van der Waals surface area contributed by atoms with Crippen LogP contribution in [0.25, 0.3) is 5.52 Å². The number of aliphatic hydroxyl groups is 1. The number of fused-ring (bicyclic) bond motifs is 1. The first kappa shape index (κ1) is 31.4. The lowest BCUT2D eigenvalue weighted by molar-refractivity contribution is -0.173. The van der Waals surface area contributed by atoms with Gasteiger partial charge < -0.3 is 29.6 Å². The van der Waals surface area contributed by atoms with Gasteiger partial charge in [0.15, 0.2) is 17.5 Å². The SMILES string of the molecule is CCC(=O)O[C@@H]1[C@@](C)(CO[P@@](=O)(N[C@@H](C)C(=O)OC(C)C)Oc2ccccc2)OC[C@]1(O)c1ccc2c(N)ncnn12. The predicted octanol–water partition coefficient (Wildman–Crippen LogP) is 2.74. The normalized spacial score (nSPS) is 24.3. The molecule has 4 N–H and O–H groups in total. The number of aromatic nitrogens is 3. The van der Waals surface area contributed by atoms with Gasteiger partial charge in [-0.05, 0) is 52.0 Å². The van der Waals surface area contributed by atoms with E-state index in [2.05, 4.69) is 15.2 Å². The number of para-hydroxylation sites is 1. The van der Waals surface area contributed by atoms with Crippen molar-refractivity contribution in [2.45, 2.75) is 70.5 Å². The molecule has 2 aromatic heterocycles. The molecule has 228 valence electrons. The molecule has 4 rings (SSSR count). The molecule has 1 fully saturated rings. The number of benzene rings is 1. The Bertz CT molecular complexity index is 1470. The first-order valence-electron chi connectivity index (χ1n) is 13.4. The number of nitrogens with zero attached hydrogens (tertiary/aromatic N) is 3. The summed E-state index contributed by atoms with van der Waals surface area (Å²) in [6.45, 7) is 7.16. The van der Waals surface area contributed by atoms with E-state index >= 15 is 0 Å². The van der Waals surface area contributed by atoms with Gasteiger partial charge in [-0.2, -0.15) is 10.2 Å². The lowest BCUT2D eigenvalue weighted by Gasteiger charge is -2.35. The summed E-state index contributed by atoms with van der Waals surface area (Å²) in [7, 11) is -4.30. The molecule has 5 atom stereocenters. The van der Waals surface area contributed by atoms with E-state index in [1.165, 1.54) is 17.8 Å². The number of anilines is 1. The Hall–Kier alpha value is -3.55. The fraction of sp³-hybridized carbons (Fsp3) is 0.481. The van der Waals surface area contributed by atoms with E-state index in [1.807, 2.05) is 0 Å². The second kappa shape index (κ2) is 12.4. The van der Waals surface area contributed by atoms with E-state index in [9.17, 15) is 19.3 Å². The van der Waals surface area contributed by atoms with E-state index in [0.717, 1.165) is 0 Å². The van der Waals surface area contributed by atoms with Crippen LogP contribution < -0.4 is 15.3 Å². The van der Waals surface area contributed by atoms with Gasteiger partial charge in [-0.25, -0.2) is 14.1 Å². The van der Waals surface area contributed by atoms with Crippen molar-refractivity contribution < 1.29 is 42.5 Å². The Morgan fingerprint density at radius 3 is 2.62 bits per heavy atom. The third kappa shape index (κ3) is 6.58. The Morgan fingerprint density at radius 1 is 1.24 bits per heavy atom. The third-order valence-electron chi connectivity index (χ3n) is 6.62. The molecule has 15 heteroatoms. The number of hydrogen-bond acceptors (Lipinski definition) is 12. The summed E-state index contributed by atoms with van der Waals surface area (Å²) in [4.78, 5) is 29.0. The summed E-state index contributed by atoms with van der Waals surface area (Å²) in [6.07, 6.45) is -0.505. The quantitative estimate of drug-likeness (QED) is 0.202. The Kier molecular flexibility index (Phi) is 9.24. The summed E-state index contributed by atoms with van der Waals surface area (Å²) in [5, 5.41) is 18.8. The van der Waals surface area contributed by atoms with Crippen molar-refractivity contribution in [1.82, 2.24) is 19.7 Å². The van der Waals surface area contributed by atoms with Gasteiger partial charge in [0.2, 0.25) is 0 Å². The van der Waals surface area contributed by atoms with E-state index in [1.54, 1.807) is 70.2 Å². The summed E-state index contributed by atoms with van der Waals surface area (Å²) < 4.78 is 44.0. The van der Waals surface area contributed by atoms with E-state index < -0.39 is 55.7 Å². The number of carbonyl (C=O) groups excluding carboxylic acids is 2. The number of nitrogen functional groups attached to an aromatic ring is 1. The zero-order valence-electron chi connectivity index (χ0n) is 24.1. The summed E-state index contributed by atoms with van der Waals surface area (Å²) >= 11 is 0. The lowest BCUT2D eigenvalue weighted by Crippen LogP contribution is -2.52. The van der Waals surface area contributed by atoms with Crippen LogP contribution >= 0.6 is 7.75 Å². The van der Waals surface area contributed by atoms with Gasteiger partial charge in [0.25, 0.3) is 0 Å². The molecule has 1 aliphatic heterocycles. The maximum atomic E-state index is 14.0. The second-order valence-electron chi connectivity index (χ2n) is 10.4. The minimum atomic E-state index is -4.30. The second-order valence-corrected chi connectivity index (χ2v) is 12.1. The average Bonchev–Trinajstić information content (AvgIpc) is 3.49. The highest BCUT2D eigenvalue weighted by molar-refractivity contribution is 7.52. The van der Waals surface area contributed by atoms with Crippen molar-refractivity contribution in [3.63, 3.8) is 0 Å². The molecule has 0 amide bonds. The fourth-order valence-corrected chi connectivity index (χ4v) is 6.11. The van der Waals surface area contributed by atoms with E-state index in [-0.39, 0.29) is 30.3 Å². The third-order valence-corrected chi connectivity index (χ3v) is 8.24. The zero-order valence-corrected chi connectivity index (χ0v) is 24.9. The van der Waals surface area contributed by atoms with Crippen LogP contribution in [0.2, 0.25) is 0 Å². The molecule has 0 unspecified atom stereocenters. The molecule has 0 bridgehead atoms. The lowest BCUT2D eigenvalue weighted by atomic mass is 9.86. The van der Waals surface area contributed by atoms with Crippen LogP contribution in [0.15, 0.2) is 48.8 Å². The van der Waals surface area contributed by atoms with Gasteiger partial charge >= 0.3 is 19.7 Å². The Labute approximate surface area is 243 Å². The van der Waals surface area contributed by atoms with Crippen LogP contribution in [0, 0.1) is 0 Å². The van der Waals surface area contributed by atoms with Crippen LogP contribution in [-0.2, 0) is 38.5 Å². The number of esters is 2. The molecule has 1 saturated heterocycles. The number of rotatable bonds is 12. The average molecular weight is 606 g/mol. The Balaban J connectivity index is 1.65. The summed E-state index contributed by atoms with van der Waals surface area (Å²) in [5.74, 6) is -0.892. The number of nitrogens with one attached hydrogen (secondary N) is 1. The topological polar surface area (TPSA) is 186 Å². The minimum Gasteiger partial charge on any atom is -0.462 e. The molecule has 0 saturated carbocycles. The van der Waals surface area contributed by atoms with Crippen LogP contribution in [0.5, 0.6) is 5.75 Å². The number of ether oxygens (including phenoxy) is 3. The molecule has 1 aliphatic rings. The van der Waals surface area contributed by atoms with Crippen LogP contribution in [0.3, 0.4) is 0 Å². The van der Waals surface area contributed by atoms with E-state index in [0.29, 0.717) is 5.52 Å². The predicted molar refractivity (Wildman–Crippen MR) is 150 cm³/mol. The first-order chi connectivity index (χ1) is 19.8. The van der Waals surface area contributed by atoms with Crippen molar-refractivity contribution in [2.75, 3.05) is 18.9 Å². The summed E-state index contributed by atoms with van der Waals surface area (Å²) in [6, 6.07) is 10.4. The molecule has 0 radical (unpaired) electrons. The maximum absolute atomic E-state index is 14.0. The van der Waals surface area contributed by atoms with Gasteiger partial charge in [-0.1, -0.05) is 25.1 Å². The number of nitrogens with two attached hydrogens (primary N) is 1. The highest BCUT2D eigenvalue weighted by Crippen LogP contribution is 2.49. The molecule has 0 aliphatic carbocycles. The monoisotopic (exact) mass is 605 g/mol. The maximum Gasteiger partial charge on any atom is 0.459 e. The van der Waals surface area contributed by atoms with E-state index in [4.69, 9.17) is 29.0 Å². The number of hydrogen-bond donors (Lipinski definition) is 3. The van der Waals surface area contributed by atoms with Crippen LogP contribution in [0.1, 0.15) is 46.7 Å². The fourth-order valence-electron chi connectivity index (χ4n) is 4.52. The van der Waals surface area contributed by atoms with Crippen molar-refractivity contribution in [1.29, 1.82) is 0 Å². The smallest absolute Gasteiger partial charge is 0.459 e. The molecule has 3 aromatic rings. The van der Waals surface area contributed by atoms with Crippen LogP contribution in [0.4, 0.5) is 5.82 Å². The molecule has 0 spiro atoms. The van der Waals surface area contributed by atoms with Gasteiger partial charge in [0, 0.05) is 6.42 Å². The molecule has 1 aromatic carbocycles. The van der Waals surface area contributed by atoms with Crippen molar-refractivity contribution in [3.8, 4) is 5.75 Å². The van der Waals surface area contributed by atoms with Crippen LogP contribution in [-0.4, -0.2) is 68.7 Å². The number of carbonyl (C=O) groups is 2. The van der Waals surface area contributed by atoms with Gasteiger partial charge in [-0.3, -0.25) is 14.1 Å². The van der Waals surface area contributed by atoms with Gasteiger partial charge in [0.1, 0.15) is 29.2 Å². The standard InChI is InChI=1S/C27H36N5O9P/c1-6-22(33)40-25-26(5,37-15-27(25,35)21-13-12-20-23(28)29-16-30-32(20)21)14-38-42(36,41-19-10-8-7-9-11-19)31-18(4)24(34)39-17(2)3/h7-13,16-18,25,35H,6,14-15H2,1-5H3,(H,31,36)(H2,28,29,30)/t18-,25+,26+,27-,42-/m0/s1. The highest BCUT2D eigenvalue weighted by atomic mass is 31.2. The largest absolute Gasteiger partial charge is 0.462 e. The zero-order chi connectivity index (χ0) is 30.7. The molecule has 3 heterocycles. The molecular formula is C27H36N5O9P. The molecular weight excluding hydrogens is 569 g/mol. The Morgan fingerprint density at radius 2 is 1.95 bits per heavy atom. The van der Waals surface area contributed by atoms with Crippen molar-refractivity contribution in [2.24, 2.45) is 0 Å². The van der Waals surface area contributed by atoms with Gasteiger partial charge in [-0.15, -0.1) is 0 Å². The highest BCUT2D eigenvalue weighted by Gasteiger charge is 2.61. The molecule has 42 heavy (non-hydrogen) atoms.